The summed E-state index contributed by atoms with van der Waals surface area (Å²) >= 11 is 0. The number of fused-ring (bicyclic) bond motifs is 1. The van der Waals surface area contributed by atoms with Gasteiger partial charge in [-0.1, -0.05) is 24.3 Å². The molecule has 3 heterocycles. The maximum Gasteiger partial charge on any atom is 0.354 e. The molecule has 1 saturated carbocycles. The molecule has 6 rings (SSSR count). The third-order valence-electron chi connectivity index (χ3n) is 8.23. The Kier molecular flexibility index (Phi) is 8.55. The van der Waals surface area contributed by atoms with Crippen molar-refractivity contribution in [3.05, 3.63) is 76.8 Å². The summed E-state index contributed by atoms with van der Waals surface area (Å²) in [5.41, 5.74) is 9.12. The fourth-order valence-corrected chi connectivity index (χ4v) is 7.37. The van der Waals surface area contributed by atoms with Gasteiger partial charge in [0, 0.05) is 36.4 Å². The summed E-state index contributed by atoms with van der Waals surface area (Å²) in [4.78, 5) is 20.7. The van der Waals surface area contributed by atoms with Gasteiger partial charge in [-0.25, -0.2) is 13.2 Å². The van der Waals surface area contributed by atoms with Crippen LogP contribution in [0, 0.1) is 5.92 Å². The predicted molar refractivity (Wildman–Crippen MR) is 165 cm³/mol. The molecule has 0 atom stereocenters. The Morgan fingerprint density at radius 3 is 2.45 bits per heavy atom. The quantitative estimate of drug-likeness (QED) is 0.186. The Labute approximate surface area is 246 Å². The molecule has 11 heteroatoms. The summed E-state index contributed by atoms with van der Waals surface area (Å²) in [6, 6.07) is 16.8. The Morgan fingerprint density at radius 1 is 1.02 bits per heavy atom. The maximum atomic E-state index is 13.7. The molecular formula is C31H39N7O3S. The van der Waals surface area contributed by atoms with Crippen molar-refractivity contribution < 1.29 is 8.42 Å². The minimum atomic E-state index is -3.60. The molecule has 1 aliphatic heterocycles. The maximum absolute atomic E-state index is 13.7. The van der Waals surface area contributed by atoms with Crippen molar-refractivity contribution in [1.82, 2.24) is 29.5 Å². The molecule has 10 nitrogen and oxygen atoms in total. The molecule has 2 aromatic heterocycles. The van der Waals surface area contributed by atoms with Crippen LogP contribution in [0.3, 0.4) is 0 Å². The second-order valence-electron chi connectivity index (χ2n) is 11.4. The lowest BCUT2D eigenvalue weighted by atomic mass is 10.1. The number of nitrogens with two attached hydrogens (primary N) is 1. The second kappa shape index (κ2) is 12.5. The van der Waals surface area contributed by atoms with E-state index in [1.54, 1.807) is 22.6 Å². The van der Waals surface area contributed by atoms with Crippen molar-refractivity contribution in [3.63, 3.8) is 0 Å². The number of hydrogen-bond donors (Lipinski definition) is 4. The molecule has 5 N–H and O–H groups in total. The van der Waals surface area contributed by atoms with Gasteiger partial charge in [0.1, 0.15) is 5.65 Å². The zero-order valence-corrected chi connectivity index (χ0v) is 24.6. The van der Waals surface area contributed by atoms with Crippen LogP contribution in [0.4, 0.5) is 0 Å². The molecule has 0 radical (unpaired) electrons. The minimum Gasteiger partial charge on any atom is -0.339 e. The third-order valence-corrected chi connectivity index (χ3v) is 10.2. The van der Waals surface area contributed by atoms with E-state index in [9.17, 15) is 13.2 Å². The van der Waals surface area contributed by atoms with Crippen LogP contribution in [0.25, 0.3) is 28.0 Å². The summed E-state index contributed by atoms with van der Waals surface area (Å²) in [5, 5.41) is 7.48. The van der Waals surface area contributed by atoms with Gasteiger partial charge in [-0.3, -0.25) is 4.57 Å². The van der Waals surface area contributed by atoms with Gasteiger partial charge in [-0.15, -0.1) is 0 Å². The van der Waals surface area contributed by atoms with Gasteiger partial charge in [0.25, 0.3) is 0 Å². The summed E-state index contributed by atoms with van der Waals surface area (Å²) in [5.74, 6) is 0.475. The highest BCUT2D eigenvalue weighted by atomic mass is 32.2. The Bertz CT molecular complexity index is 1670. The lowest BCUT2D eigenvalue weighted by Crippen LogP contribution is -2.46. The number of H-pyrrole nitrogens is 1. The first-order valence-electron chi connectivity index (χ1n) is 14.9. The zero-order chi connectivity index (χ0) is 29.1. The van der Waals surface area contributed by atoms with E-state index in [0.29, 0.717) is 29.6 Å². The minimum absolute atomic E-state index is 0.0403. The molecule has 1 aliphatic carbocycles. The highest BCUT2D eigenvalue weighted by Crippen LogP contribution is 2.34. The number of nitrogens with zero attached hydrogens (tertiary/aromatic N) is 3. The van der Waals surface area contributed by atoms with Crippen LogP contribution in [-0.4, -0.2) is 66.0 Å². The first-order valence-corrected chi connectivity index (χ1v) is 16.3. The summed E-state index contributed by atoms with van der Waals surface area (Å²) < 4.78 is 30.8. The third kappa shape index (κ3) is 6.35. The van der Waals surface area contributed by atoms with Gasteiger partial charge in [-0.2, -0.15) is 9.29 Å². The Hall–Kier alpha value is -3.35. The number of nitrogens with one attached hydrogen (secondary N) is 3. The molecule has 0 bridgehead atoms. The van der Waals surface area contributed by atoms with Crippen LogP contribution in [0.15, 0.2) is 70.5 Å². The molecule has 0 amide bonds. The monoisotopic (exact) mass is 589 g/mol. The smallest absolute Gasteiger partial charge is 0.339 e. The summed E-state index contributed by atoms with van der Waals surface area (Å²) in [6.07, 6.45) is 6.60. The number of rotatable bonds is 12. The molecule has 2 aromatic carbocycles. The fraction of sp³-hybridized carbons (Fsp3) is 0.419. The molecule has 2 fully saturated rings. The Balaban J connectivity index is 1.21. The molecule has 0 spiro atoms. The van der Waals surface area contributed by atoms with Crippen LogP contribution in [0.1, 0.15) is 37.7 Å². The van der Waals surface area contributed by atoms with Crippen LogP contribution in [0.5, 0.6) is 0 Å². The van der Waals surface area contributed by atoms with Gasteiger partial charge < -0.3 is 21.4 Å². The lowest BCUT2D eigenvalue weighted by Gasteiger charge is -2.34. The van der Waals surface area contributed by atoms with E-state index < -0.39 is 10.0 Å². The Morgan fingerprint density at radius 2 is 1.76 bits per heavy atom. The topological polar surface area (TPSA) is 138 Å². The summed E-state index contributed by atoms with van der Waals surface area (Å²) in [7, 11) is -3.60. The SMILES string of the molecule is NCCCNCc1ccc(-n2cc3cc(-c4ccc(S(=O)(=O)N(CC5CC5)C5CCNCC5)cc4)[nH]c3nc2=O)cc1. The molecule has 0 unspecified atom stereocenters. The first-order chi connectivity index (χ1) is 20.4. The largest absolute Gasteiger partial charge is 0.354 e. The number of hydrogen-bond acceptors (Lipinski definition) is 7. The van der Waals surface area contributed by atoms with Crippen LogP contribution >= 0.6 is 0 Å². The molecule has 42 heavy (non-hydrogen) atoms. The van der Waals surface area contributed by atoms with E-state index in [2.05, 4.69) is 20.6 Å². The normalized spacial score (nSPS) is 16.4. The summed E-state index contributed by atoms with van der Waals surface area (Å²) in [6.45, 7) is 4.56. The molecule has 2 aliphatic rings. The van der Waals surface area contributed by atoms with Crippen molar-refractivity contribution in [2.24, 2.45) is 11.7 Å². The van der Waals surface area contributed by atoms with Crippen LogP contribution < -0.4 is 22.1 Å². The van der Waals surface area contributed by atoms with Crippen LogP contribution in [-0.2, 0) is 16.6 Å². The van der Waals surface area contributed by atoms with Gasteiger partial charge >= 0.3 is 5.69 Å². The van der Waals surface area contributed by atoms with Crippen molar-refractivity contribution >= 4 is 21.1 Å². The highest BCUT2D eigenvalue weighted by molar-refractivity contribution is 7.89. The van der Waals surface area contributed by atoms with E-state index in [0.717, 1.165) is 86.2 Å². The van der Waals surface area contributed by atoms with E-state index in [1.807, 2.05) is 42.5 Å². The van der Waals surface area contributed by atoms with E-state index >= 15 is 0 Å². The average molecular weight is 590 g/mol. The average Bonchev–Trinajstić information content (AvgIpc) is 3.75. The van der Waals surface area contributed by atoms with Crippen molar-refractivity contribution in [1.29, 1.82) is 0 Å². The van der Waals surface area contributed by atoms with Crippen molar-refractivity contribution in [2.75, 3.05) is 32.7 Å². The van der Waals surface area contributed by atoms with Crippen molar-refractivity contribution in [2.45, 2.75) is 49.6 Å². The lowest BCUT2D eigenvalue weighted by molar-refractivity contribution is 0.255. The number of sulfonamides is 1. The van der Waals surface area contributed by atoms with Gasteiger partial charge in [-0.05, 0) is 106 Å². The van der Waals surface area contributed by atoms with Gasteiger partial charge in [0.2, 0.25) is 10.0 Å². The highest BCUT2D eigenvalue weighted by Gasteiger charge is 2.36. The predicted octanol–water partition coefficient (Wildman–Crippen LogP) is 2.97. The van der Waals surface area contributed by atoms with Gasteiger partial charge in [0.15, 0.2) is 0 Å². The molecule has 1 saturated heterocycles. The van der Waals surface area contributed by atoms with Crippen molar-refractivity contribution in [3.8, 4) is 16.9 Å². The fourth-order valence-electron chi connectivity index (χ4n) is 5.60. The van der Waals surface area contributed by atoms with E-state index in [4.69, 9.17) is 5.73 Å². The standard InChI is InChI=1S/C31H39N7O3S/c32-14-1-15-34-19-22-4-8-26(9-5-22)37-21-25-18-29(35-30(25)36-31(37)39)24-6-10-28(11-7-24)42(40,41)38(20-23-2-3-23)27-12-16-33-17-13-27/h4-11,18,21,23,27,33-34H,1-3,12-17,19-20,32H2,(H,35,36,39). The number of aromatic nitrogens is 3. The van der Waals surface area contributed by atoms with Gasteiger partial charge in [0.05, 0.1) is 10.6 Å². The molecular weight excluding hydrogens is 550 g/mol. The van der Waals surface area contributed by atoms with E-state index in [1.165, 1.54) is 4.57 Å². The zero-order valence-electron chi connectivity index (χ0n) is 23.8. The van der Waals surface area contributed by atoms with Crippen LogP contribution in [0.2, 0.25) is 0 Å². The number of aromatic amines is 1. The first kappa shape index (κ1) is 28.8. The molecule has 4 aromatic rings. The molecule has 222 valence electrons. The number of piperidine rings is 1. The number of benzene rings is 2. The van der Waals surface area contributed by atoms with E-state index in [-0.39, 0.29) is 11.7 Å². The second-order valence-corrected chi connectivity index (χ2v) is 13.3.